The smallest absolute Gasteiger partial charge is 0.416 e. The molecule has 0 aliphatic carbocycles. The summed E-state index contributed by atoms with van der Waals surface area (Å²) in [6.07, 6.45) is -3.53. The number of methoxy groups -OCH3 is 1. The number of rotatable bonds is 5. The molecule has 0 saturated carbocycles. The summed E-state index contributed by atoms with van der Waals surface area (Å²) in [5.41, 5.74) is -1.76. The van der Waals surface area contributed by atoms with Crippen LogP contribution in [0.3, 0.4) is 0 Å². The Morgan fingerprint density at radius 2 is 2.04 bits per heavy atom. The number of aromatic nitrogens is 2. The molecule has 0 saturated heterocycles. The molecule has 0 bridgehead atoms. The molecule has 0 aliphatic rings. The number of halogens is 3. The topological polar surface area (TPSA) is 116 Å². The predicted octanol–water partition coefficient (Wildman–Crippen LogP) is 2.24. The molecule has 2 aromatic rings. The van der Waals surface area contributed by atoms with Crippen LogP contribution in [0, 0.1) is 10.1 Å². The number of nitrogens with zero attached hydrogens (tertiary/aromatic N) is 3. The molecule has 1 amide bonds. The van der Waals surface area contributed by atoms with E-state index in [-0.39, 0.29) is 5.56 Å². The number of ether oxygens (including phenoxy) is 1. The van der Waals surface area contributed by atoms with Crippen molar-refractivity contribution in [2.24, 2.45) is 0 Å². The largest absolute Gasteiger partial charge is 0.465 e. The van der Waals surface area contributed by atoms with E-state index >= 15 is 0 Å². The second kappa shape index (κ2) is 7.21. The van der Waals surface area contributed by atoms with E-state index in [9.17, 15) is 32.9 Å². The number of benzene rings is 1. The summed E-state index contributed by atoms with van der Waals surface area (Å²) in [5.74, 6) is -2.27. The van der Waals surface area contributed by atoms with Crippen molar-refractivity contribution < 1.29 is 32.4 Å². The van der Waals surface area contributed by atoms with Crippen LogP contribution in [0.1, 0.15) is 15.9 Å². The van der Waals surface area contributed by atoms with E-state index < -0.39 is 46.6 Å². The standard InChI is InChI=1S/C14H11F3N4O5/c1-26-13(23)9-3-2-8(14(15,16)17)6-10(9)18-12(22)7-20-5-4-11(19-20)21(24)25/h2-6H,7H2,1H3,(H,18,22). The molecule has 0 spiro atoms. The van der Waals surface area contributed by atoms with Gasteiger partial charge in [-0.05, 0) is 23.1 Å². The third-order valence-electron chi connectivity index (χ3n) is 3.15. The summed E-state index contributed by atoms with van der Waals surface area (Å²) >= 11 is 0. The summed E-state index contributed by atoms with van der Waals surface area (Å²) in [6, 6.07) is 3.20. The predicted molar refractivity (Wildman–Crippen MR) is 80.3 cm³/mol. The van der Waals surface area contributed by atoms with E-state index in [0.29, 0.717) is 12.1 Å². The van der Waals surface area contributed by atoms with Crippen molar-refractivity contribution in [2.75, 3.05) is 12.4 Å². The Morgan fingerprint density at radius 1 is 1.35 bits per heavy atom. The number of hydrogen-bond acceptors (Lipinski definition) is 6. The van der Waals surface area contributed by atoms with Crippen LogP contribution in [-0.2, 0) is 22.3 Å². The first kappa shape index (κ1) is 18.9. The second-order valence-corrected chi connectivity index (χ2v) is 4.93. The second-order valence-electron chi connectivity index (χ2n) is 4.93. The quantitative estimate of drug-likeness (QED) is 0.489. The van der Waals surface area contributed by atoms with E-state index in [2.05, 4.69) is 15.2 Å². The lowest BCUT2D eigenvalue weighted by Gasteiger charge is -2.13. The van der Waals surface area contributed by atoms with Crippen LogP contribution in [0.4, 0.5) is 24.7 Å². The highest BCUT2D eigenvalue weighted by atomic mass is 19.4. The van der Waals surface area contributed by atoms with Crippen LogP contribution in [0.15, 0.2) is 30.5 Å². The summed E-state index contributed by atoms with van der Waals surface area (Å²) < 4.78 is 43.9. The van der Waals surface area contributed by atoms with Crippen molar-refractivity contribution in [1.29, 1.82) is 0 Å². The number of amides is 1. The number of alkyl halides is 3. The van der Waals surface area contributed by atoms with E-state index in [1.54, 1.807) is 0 Å². The Kier molecular flexibility index (Phi) is 5.24. The van der Waals surface area contributed by atoms with Crippen LogP contribution >= 0.6 is 0 Å². The van der Waals surface area contributed by atoms with Crippen molar-refractivity contribution in [1.82, 2.24) is 9.78 Å². The van der Waals surface area contributed by atoms with E-state index in [4.69, 9.17) is 0 Å². The molecule has 0 fully saturated rings. The molecule has 0 unspecified atom stereocenters. The van der Waals surface area contributed by atoms with Crippen molar-refractivity contribution in [2.45, 2.75) is 12.7 Å². The minimum Gasteiger partial charge on any atom is -0.465 e. The molecular formula is C14H11F3N4O5. The van der Waals surface area contributed by atoms with Crippen LogP contribution in [-0.4, -0.2) is 33.7 Å². The molecule has 9 nitrogen and oxygen atoms in total. The Balaban J connectivity index is 2.25. The van der Waals surface area contributed by atoms with Crippen LogP contribution in [0.5, 0.6) is 0 Å². The monoisotopic (exact) mass is 372 g/mol. The maximum absolute atomic E-state index is 12.8. The molecule has 12 heteroatoms. The number of carbonyl (C=O) groups is 2. The molecule has 0 radical (unpaired) electrons. The van der Waals surface area contributed by atoms with Crippen LogP contribution in [0.25, 0.3) is 0 Å². The van der Waals surface area contributed by atoms with Gasteiger partial charge in [-0.25, -0.2) is 4.79 Å². The molecular weight excluding hydrogens is 361 g/mol. The third kappa shape index (κ3) is 4.34. The zero-order valence-electron chi connectivity index (χ0n) is 13.1. The number of anilines is 1. The van der Waals surface area contributed by atoms with Crippen LogP contribution < -0.4 is 5.32 Å². The average molecular weight is 372 g/mol. The Bertz CT molecular complexity index is 863. The van der Waals surface area contributed by atoms with Gasteiger partial charge in [0.2, 0.25) is 5.91 Å². The third-order valence-corrected chi connectivity index (χ3v) is 3.15. The van der Waals surface area contributed by atoms with Gasteiger partial charge in [-0.1, -0.05) is 0 Å². The van der Waals surface area contributed by atoms with E-state index in [1.165, 1.54) is 0 Å². The van der Waals surface area contributed by atoms with E-state index in [0.717, 1.165) is 30.1 Å². The minimum atomic E-state index is -4.68. The highest BCUT2D eigenvalue weighted by molar-refractivity contribution is 6.01. The lowest BCUT2D eigenvalue weighted by atomic mass is 10.1. The fraction of sp³-hybridized carbons (Fsp3) is 0.214. The lowest BCUT2D eigenvalue weighted by Crippen LogP contribution is -2.21. The molecule has 1 heterocycles. The van der Waals surface area contributed by atoms with Gasteiger partial charge in [0.15, 0.2) is 0 Å². The molecule has 1 aromatic heterocycles. The Morgan fingerprint density at radius 3 is 2.58 bits per heavy atom. The van der Waals surface area contributed by atoms with Gasteiger partial charge in [0, 0.05) is 0 Å². The van der Waals surface area contributed by atoms with E-state index in [1.807, 2.05) is 0 Å². The van der Waals surface area contributed by atoms with Gasteiger partial charge in [0.1, 0.15) is 6.54 Å². The Labute approximate surface area is 143 Å². The molecule has 1 N–H and O–H groups in total. The zero-order chi connectivity index (χ0) is 19.5. The summed E-state index contributed by atoms with van der Waals surface area (Å²) in [7, 11) is 1.04. The molecule has 0 atom stereocenters. The highest BCUT2D eigenvalue weighted by Gasteiger charge is 2.32. The number of nitro groups is 1. The SMILES string of the molecule is COC(=O)c1ccc(C(F)(F)F)cc1NC(=O)Cn1ccc([N+](=O)[O-])n1. The fourth-order valence-electron chi connectivity index (χ4n) is 1.99. The molecule has 0 aliphatic heterocycles. The average Bonchev–Trinajstić information content (AvgIpc) is 3.01. The number of esters is 1. The minimum absolute atomic E-state index is 0.278. The summed E-state index contributed by atoms with van der Waals surface area (Å²) in [4.78, 5) is 33.5. The van der Waals surface area contributed by atoms with Crippen molar-refractivity contribution in [3.8, 4) is 0 Å². The van der Waals surface area contributed by atoms with Crippen molar-refractivity contribution in [3.05, 3.63) is 51.7 Å². The van der Waals surface area contributed by atoms with Crippen molar-refractivity contribution >= 4 is 23.4 Å². The van der Waals surface area contributed by atoms with Gasteiger partial charge in [-0.2, -0.15) is 17.9 Å². The normalized spacial score (nSPS) is 11.1. The molecule has 2 rings (SSSR count). The van der Waals surface area contributed by atoms with Crippen molar-refractivity contribution in [3.63, 3.8) is 0 Å². The first-order valence-electron chi connectivity index (χ1n) is 6.89. The van der Waals surface area contributed by atoms with Gasteiger partial charge in [-0.3, -0.25) is 4.79 Å². The summed E-state index contributed by atoms with van der Waals surface area (Å²) in [6.45, 7) is -0.509. The maximum atomic E-state index is 12.8. The fourth-order valence-corrected chi connectivity index (χ4v) is 1.99. The summed E-state index contributed by atoms with van der Waals surface area (Å²) in [5, 5.41) is 16.2. The van der Waals surface area contributed by atoms with Crippen LogP contribution in [0.2, 0.25) is 0 Å². The van der Waals surface area contributed by atoms with Gasteiger partial charge in [0.05, 0.1) is 41.3 Å². The lowest BCUT2D eigenvalue weighted by molar-refractivity contribution is -0.389. The highest BCUT2D eigenvalue weighted by Crippen LogP contribution is 2.32. The molecule has 1 aromatic carbocycles. The van der Waals surface area contributed by atoms with Gasteiger partial charge in [-0.15, -0.1) is 0 Å². The number of carbonyl (C=O) groups excluding carboxylic acids is 2. The molecule has 138 valence electrons. The first-order valence-corrected chi connectivity index (χ1v) is 6.89. The van der Waals surface area contributed by atoms with Gasteiger partial charge >= 0.3 is 18.0 Å². The first-order chi connectivity index (χ1) is 12.1. The Hall–Kier alpha value is -3.44. The van der Waals surface area contributed by atoms with Gasteiger partial charge in [0.25, 0.3) is 0 Å². The number of nitrogens with one attached hydrogen (secondary N) is 1. The number of hydrogen-bond donors (Lipinski definition) is 1. The maximum Gasteiger partial charge on any atom is 0.416 e. The zero-order valence-corrected chi connectivity index (χ0v) is 13.1. The molecule has 26 heavy (non-hydrogen) atoms. The van der Waals surface area contributed by atoms with Gasteiger partial charge < -0.3 is 20.2 Å².